The molecule has 1 aromatic carbocycles. The number of aromatic nitrogens is 1. The number of nitrogens with zero attached hydrogens (tertiary/aromatic N) is 1. The zero-order valence-electron chi connectivity index (χ0n) is 11.9. The van der Waals surface area contributed by atoms with Gasteiger partial charge in [0.2, 0.25) is 0 Å². The van der Waals surface area contributed by atoms with E-state index in [-0.39, 0.29) is 0 Å². The van der Waals surface area contributed by atoms with Crippen LogP contribution >= 0.6 is 23.1 Å². The molecular formula is C15H20N2OS2. The quantitative estimate of drug-likeness (QED) is 0.754. The number of benzene rings is 1. The van der Waals surface area contributed by atoms with Gasteiger partial charge < -0.3 is 10.1 Å². The molecule has 0 atom stereocenters. The van der Waals surface area contributed by atoms with Crippen LogP contribution in [-0.2, 0) is 23.6 Å². The number of hydrogen-bond acceptors (Lipinski definition) is 5. The SMILES string of the molecule is CCNCc1sc(CSc2ccccc2)nc1COC. The fourth-order valence-corrected chi connectivity index (χ4v) is 3.74. The lowest BCUT2D eigenvalue weighted by molar-refractivity contribution is 0.181. The molecule has 0 unspecified atom stereocenters. The molecule has 2 aromatic rings. The van der Waals surface area contributed by atoms with Crippen molar-refractivity contribution in [3.63, 3.8) is 0 Å². The highest BCUT2D eigenvalue weighted by atomic mass is 32.2. The summed E-state index contributed by atoms with van der Waals surface area (Å²) in [5.41, 5.74) is 1.07. The number of hydrogen-bond donors (Lipinski definition) is 1. The molecule has 0 aliphatic heterocycles. The summed E-state index contributed by atoms with van der Waals surface area (Å²) in [5, 5.41) is 4.52. The van der Waals surface area contributed by atoms with Crippen LogP contribution in [0.25, 0.3) is 0 Å². The van der Waals surface area contributed by atoms with Gasteiger partial charge in [-0.3, -0.25) is 0 Å². The van der Waals surface area contributed by atoms with Gasteiger partial charge in [0.05, 0.1) is 18.1 Å². The molecule has 1 heterocycles. The molecule has 2 rings (SSSR count). The van der Waals surface area contributed by atoms with Crippen LogP contribution in [0.2, 0.25) is 0 Å². The second-order valence-corrected chi connectivity index (χ2v) is 6.51. The van der Waals surface area contributed by atoms with Crippen molar-refractivity contribution in [3.05, 3.63) is 45.9 Å². The minimum Gasteiger partial charge on any atom is -0.378 e. The Bertz CT molecular complexity index is 514. The maximum Gasteiger partial charge on any atom is 0.104 e. The van der Waals surface area contributed by atoms with Crippen LogP contribution in [-0.4, -0.2) is 18.6 Å². The maximum absolute atomic E-state index is 5.23. The minimum atomic E-state index is 0.591. The number of rotatable bonds is 8. The molecule has 0 aliphatic carbocycles. The average Bonchev–Trinajstić information content (AvgIpc) is 2.87. The molecule has 3 nitrogen and oxygen atoms in total. The standard InChI is InChI=1S/C15H20N2OS2/c1-3-16-9-14-13(10-18-2)17-15(20-14)11-19-12-7-5-4-6-8-12/h4-8,16H,3,9-11H2,1-2H3. The normalized spacial score (nSPS) is 10.9. The van der Waals surface area contributed by atoms with Crippen molar-refractivity contribution in [3.8, 4) is 0 Å². The van der Waals surface area contributed by atoms with Crippen molar-refractivity contribution in [2.24, 2.45) is 0 Å². The van der Waals surface area contributed by atoms with E-state index in [2.05, 4.69) is 36.5 Å². The van der Waals surface area contributed by atoms with Crippen molar-refractivity contribution >= 4 is 23.1 Å². The van der Waals surface area contributed by atoms with E-state index in [0.717, 1.165) is 24.5 Å². The number of nitrogens with one attached hydrogen (secondary N) is 1. The zero-order valence-corrected chi connectivity index (χ0v) is 13.5. The van der Waals surface area contributed by atoms with Crippen LogP contribution in [0.5, 0.6) is 0 Å². The Hall–Kier alpha value is -0.880. The summed E-state index contributed by atoms with van der Waals surface area (Å²) in [7, 11) is 1.72. The Morgan fingerprint density at radius 1 is 1.30 bits per heavy atom. The molecule has 0 bridgehead atoms. The van der Waals surface area contributed by atoms with Gasteiger partial charge in [-0.15, -0.1) is 23.1 Å². The maximum atomic E-state index is 5.23. The molecule has 0 saturated carbocycles. The summed E-state index contributed by atoms with van der Waals surface area (Å²) in [6, 6.07) is 10.4. The van der Waals surface area contributed by atoms with E-state index >= 15 is 0 Å². The predicted octanol–water partition coefficient (Wildman–Crippen LogP) is 3.69. The van der Waals surface area contributed by atoms with Crippen LogP contribution in [0.3, 0.4) is 0 Å². The third kappa shape index (κ3) is 4.59. The van der Waals surface area contributed by atoms with E-state index in [1.54, 1.807) is 18.4 Å². The van der Waals surface area contributed by atoms with Gasteiger partial charge in [-0.25, -0.2) is 4.98 Å². The first-order valence-corrected chi connectivity index (χ1v) is 8.48. The number of thioether (sulfide) groups is 1. The topological polar surface area (TPSA) is 34.2 Å². The Morgan fingerprint density at radius 2 is 2.10 bits per heavy atom. The van der Waals surface area contributed by atoms with E-state index in [4.69, 9.17) is 9.72 Å². The molecule has 5 heteroatoms. The van der Waals surface area contributed by atoms with Crippen LogP contribution in [0.15, 0.2) is 35.2 Å². The smallest absolute Gasteiger partial charge is 0.104 e. The monoisotopic (exact) mass is 308 g/mol. The summed E-state index contributed by atoms with van der Waals surface area (Å²) in [4.78, 5) is 7.27. The molecule has 0 spiro atoms. The molecule has 1 aromatic heterocycles. The van der Waals surface area contributed by atoms with Gasteiger partial charge in [0.25, 0.3) is 0 Å². The number of methoxy groups -OCH3 is 1. The first-order chi connectivity index (χ1) is 9.83. The highest BCUT2D eigenvalue weighted by Crippen LogP contribution is 2.27. The van der Waals surface area contributed by atoms with Gasteiger partial charge in [0.15, 0.2) is 0 Å². The highest BCUT2D eigenvalue weighted by molar-refractivity contribution is 7.98. The molecule has 0 fully saturated rings. The first kappa shape index (κ1) is 15.5. The molecule has 108 valence electrons. The van der Waals surface area contributed by atoms with Crippen molar-refractivity contribution < 1.29 is 4.74 Å². The summed E-state index contributed by atoms with van der Waals surface area (Å²) in [6.45, 7) is 4.55. The minimum absolute atomic E-state index is 0.591. The molecule has 0 saturated heterocycles. The van der Waals surface area contributed by atoms with E-state index in [1.807, 2.05) is 17.8 Å². The Kier molecular flexibility index (Phi) is 6.53. The van der Waals surface area contributed by atoms with Crippen LogP contribution in [0, 0.1) is 0 Å². The van der Waals surface area contributed by atoms with Gasteiger partial charge >= 0.3 is 0 Å². The lowest BCUT2D eigenvalue weighted by Gasteiger charge is -2.00. The van der Waals surface area contributed by atoms with E-state index in [0.29, 0.717) is 6.61 Å². The van der Waals surface area contributed by atoms with Crippen molar-refractivity contribution in [2.45, 2.75) is 30.7 Å². The van der Waals surface area contributed by atoms with Crippen molar-refractivity contribution in [2.75, 3.05) is 13.7 Å². The lowest BCUT2D eigenvalue weighted by Crippen LogP contribution is -2.12. The first-order valence-electron chi connectivity index (χ1n) is 6.68. The van der Waals surface area contributed by atoms with Gasteiger partial charge in [0.1, 0.15) is 5.01 Å². The molecular weight excluding hydrogens is 288 g/mol. The van der Waals surface area contributed by atoms with Crippen molar-refractivity contribution in [1.82, 2.24) is 10.3 Å². The lowest BCUT2D eigenvalue weighted by atomic mass is 10.3. The van der Waals surface area contributed by atoms with Crippen LogP contribution in [0.4, 0.5) is 0 Å². The fraction of sp³-hybridized carbons (Fsp3) is 0.400. The zero-order chi connectivity index (χ0) is 14.2. The Morgan fingerprint density at radius 3 is 2.80 bits per heavy atom. The van der Waals surface area contributed by atoms with Gasteiger partial charge in [-0.1, -0.05) is 25.1 Å². The van der Waals surface area contributed by atoms with Gasteiger partial charge in [-0.05, 0) is 18.7 Å². The second kappa shape index (κ2) is 8.42. The third-order valence-corrected chi connectivity index (χ3v) is 5.05. The Labute approximate surface area is 128 Å². The summed E-state index contributed by atoms with van der Waals surface area (Å²) in [5.74, 6) is 0.914. The summed E-state index contributed by atoms with van der Waals surface area (Å²) < 4.78 is 5.23. The van der Waals surface area contributed by atoms with E-state index in [9.17, 15) is 0 Å². The molecule has 0 aliphatic rings. The Balaban J connectivity index is 2.00. The van der Waals surface area contributed by atoms with Gasteiger partial charge in [-0.2, -0.15) is 0 Å². The molecule has 0 amide bonds. The summed E-state index contributed by atoms with van der Waals surface area (Å²) in [6.07, 6.45) is 0. The third-order valence-electron chi connectivity index (χ3n) is 2.74. The van der Waals surface area contributed by atoms with E-state index in [1.165, 1.54) is 14.8 Å². The van der Waals surface area contributed by atoms with Gasteiger partial charge in [0, 0.05) is 23.4 Å². The van der Waals surface area contributed by atoms with Crippen molar-refractivity contribution in [1.29, 1.82) is 0 Å². The number of thiazole rings is 1. The second-order valence-electron chi connectivity index (χ2n) is 4.29. The molecule has 1 N–H and O–H groups in total. The van der Waals surface area contributed by atoms with E-state index < -0.39 is 0 Å². The largest absolute Gasteiger partial charge is 0.378 e. The average molecular weight is 308 g/mol. The predicted molar refractivity (Wildman–Crippen MR) is 86.2 cm³/mol. The van der Waals surface area contributed by atoms with Crippen LogP contribution < -0.4 is 5.32 Å². The molecule has 20 heavy (non-hydrogen) atoms. The molecule has 0 radical (unpaired) electrons. The number of ether oxygens (including phenoxy) is 1. The highest BCUT2D eigenvalue weighted by Gasteiger charge is 2.11. The summed E-state index contributed by atoms with van der Waals surface area (Å²) >= 11 is 3.61. The van der Waals surface area contributed by atoms with Crippen LogP contribution in [0.1, 0.15) is 22.5 Å². The fourth-order valence-electron chi connectivity index (χ4n) is 1.79.